The Bertz CT molecular complexity index is 3540. The standard InChI is InChI=1S/C40B26/c41-15-9(7-8(22(48)35(61)34(60)21(7)47)10-14(15)28(54)37(63)36(62)23(10)49)13-16(42)11(24(50)29(55)27(13)53)1-3-5(19(45)32(58)30(56)17(3)43)2(6-4(1)18(44)31(57)33(59)20(6)46)12-25(51)38(64)40(66)39(65)26(12)52. The third kappa shape index (κ3) is 6.29. The topological polar surface area (TPSA) is 0 Å². The van der Waals surface area contributed by atoms with Gasteiger partial charge in [-0.2, -0.15) is 0 Å². The minimum absolute atomic E-state index is 0.00179. The Hall–Kier alpha value is -3.51. The van der Waals surface area contributed by atoms with Gasteiger partial charge >= 0.3 is 0 Å². The van der Waals surface area contributed by atoms with E-state index < -0.39 is 0 Å². The maximum absolute atomic E-state index is 7.41. The molecule has 0 fully saturated rings. The van der Waals surface area contributed by atoms with Crippen molar-refractivity contribution in [2.45, 2.75) is 0 Å². The molecule has 0 aliphatic rings. The molecule has 0 atom stereocenters. The average Bonchev–Trinajstić information content (AvgIpc) is 3.28. The fraction of sp³-hybridized carbons (Fsp3) is 0. The molecular formula is C40B26. The van der Waals surface area contributed by atoms with Crippen LogP contribution in [0.1, 0.15) is 0 Å². The van der Waals surface area contributed by atoms with Crippen LogP contribution < -0.4 is 142 Å². The molecule has 52 radical (unpaired) electrons. The van der Waals surface area contributed by atoms with E-state index in [1.807, 2.05) is 0 Å². The molecule has 8 aromatic carbocycles. The maximum atomic E-state index is 7.41. The van der Waals surface area contributed by atoms with Crippen molar-refractivity contribution in [3.63, 3.8) is 0 Å². The summed E-state index contributed by atoms with van der Waals surface area (Å²) in [5, 5.41) is 0.308. The van der Waals surface area contributed by atoms with Crippen LogP contribution >= 0.6 is 0 Å². The second kappa shape index (κ2) is 16.6. The highest BCUT2D eigenvalue weighted by atomic mass is 14.3. The first-order chi connectivity index (χ1) is 30.7. The lowest BCUT2D eigenvalue weighted by Gasteiger charge is -2.33. The van der Waals surface area contributed by atoms with Gasteiger partial charge in [-0.25, -0.2) is 0 Å². The van der Waals surface area contributed by atoms with E-state index in [0.717, 1.165) is 0 Å². The average molecular weight is 762 g/mol. The summed E-state index contributed by atoms with van der Waals surface area (Å²) in [7, 11) is 175. The van der Waals surface area contributed by atoms with Crippen LogP contribution in [0.25, 0.3) is 76.5 Å². The second-order valence-corrected chi connectivity index (χ2v) is 16.0. The van der Waals surface area contributed by atoms with Gasteiger partial charge in [-0.3, -0.25) is 0 Å². The smallest absolute Gasteiger partial charge is 0.112 e. The summed E-state index contributed by atoms with van der Waals surface area (Å²) < 4.78 is 0. The van der Waals surface area contributed by atoms with Crippen LogP contribution in [0.4, 0.5) is 0 Å². The van der Waals surface area contributed by atoms with Crippen LogP contribution in [0.5, 0.6) is 0 Å². The van der Waals surface area contributed by atoms with Crippen molar-refractivity contribution < 1.29 is 0 Å². The zero-order valence-corrected chi connectivity index (χ0v) is 35.0. The highest BCUT2D eigenvalue weighted by Gasteiger charge is 2.30. The summed E-state index contributed by atoms with van der Waals surface area (Å²) in [6.45, 7) is 0. The van der Waals surface area contributed by atoms with Crippen molar-refractivity contribution in [3.8, 4) is 33.4 Å². The van der Waals surface area contributed by atoms with Crippen LogP contribution in [0, 0.1) is 0 Å². The van der Waals surface area contributed by atoms with Gasteiger partial charge in [0.2, 0.25) is 0 Å². The van der Waals surface area contributed by atoms with Gasteiger partial charge in [0.1, 0.15) is 204 Å². The van der Waals surface area contributed by atoms with E-state index in [4.69, 9.17) is 204 Å². The molecule has 26 heteroatoms. The fourth-order valence-corrected chi connectivity index (χ4v) is 9.17. The minimum Gasteiger partial charge on any atom is -0.112 e. The van der Waals surface area contributed by atoms with E-state index in [1.54, 1.807) is 0 Å². The Kier molecular flexibility index (Phi) is 12.3. The van der Waals surface area contributed by atoms with Crippen molar-refractivity contribution in [2.24, 2.45) is 0 Å². The van der Waals surface area contributed by atoms with Gasteiger partial charge in [-0.15, -0.1) is 65.6 Å². The fourth-order valence-electron chi connectivity index (χ4n) is 9.17. The van der Waals surface area contributed by atoms with Crippen LogP contribution in [0.15, 0.2) is 0 Å². The Morgan fingerprint density at radius 3 is 0.561 bits per heavy atom. The summed E-state index contributed by atoms with van der Waals surface area (Å²) in [4.78, 5) is 0. The predicted molar refractivity (Wildman–Crippen MR) is 313 cm³/mol. The summed E-state index contributed by atoms with van der Waals surface area (Å²) in [5.74, 6) is 0. The SMILES string of the molecule is [B]c1c([B])c([B])c(-c2c3c([B])c([B])c([B])c([B])c3c(-c3c([B])c([B])c([B])c(-c4c([B])c5c([B])c([B])c([B])c([B])c5c5c([B])c([B])c([B])c([B])c45)c3[B])c3c([B])c([B])c([B])c([B])c23)c([B])c1[B]. The maximum Gasteiger partial charge on any atom is 0.115 e. The van der Waals surface area contributed by atoms with Gasteiger partial charge < -0.3 is 0 Å². The highest BCUT2D eigenvalue weighted by molar-refractivity contribution is 6.77. The van der Waals surface area contributed by atoms with Gasteiger partial charge in [0, 0.05) is 0 Å². The molecule has 0 heterocycles. The Balaban J connectivity index is 1.76. The van der Waals surface area contributed by atoms with Crippen molar-refractivity contribution in [2.75, 3.05) is 0 Å². The number of hydrogen-bond donors (Lipinski definition) is 0. The van der Waals surface area contributed by atoms with Gasteiger partial charge in [-0.1, -0.05) is 76.5 Å². The van der Waals surface area contributed by atoms with Crippen LogP contribution in [0.3, 0.4) is 0 Å². The first-order valence-electron chi connectivity index (χ1n) is 19.3. The minimum atomic E-state index is -0.260. The second-order valence-electron chi connectivity index (χ2n) is 16.0. The molecule has 0 aliphatic heterocycles. The largest absolute Gasteiger partial charge is 0.115 e. The monoisotopic (exact) mass is 766 g/mol. The molecular weight excluding hydrogens is 762 g/mol. The van der Waals surface area contributed by atoms with Gasteiger partial charge in [0.25, 0.3) is 0 Å². The molecule has 0 unspecified atom stereocenters. The molecule has 0 nitrogen and oxygen atoms in total. The van der Waals surface area contributed by atoms with E-state index in [1.165, 1.54) is 0 Å². The lowest BCUT2D eigenvalue weighted by Crippen LogP contribution is -2.55. The lowest BCUT2D eigenvalue weighted by molar-refractivity contribution is 1.83. The molecule has 8 aromatic rings. The molecule has 0 saturated heterocycles. The Labute approximate surface area is 419 Å². The van der Waals surface area contributed by atoms with Crippen molar-refractivity contribution >= 4 is 389 Å². The molecule has 0 aliphatic carbocycles. The Morgan fingerprint density at radius 1 is 0.0909 bits per heavy atom. The van der Waals surface area contributed by atoms with Gasteiger partial charge in [0.15, 0.2) is 0 Å². The first kappa shape index (κ1) is 48.9. The van der Waals surface area contributed by atoms with Crippen molar-refractivity contribution in [3.05, 3.63) is 0 Å². The van der Waals surface area contributed by atoms with Crippen molar-refractivity contribution in [1.29, 1.82) is 0 Å². The normalized spacial score (nSPS) is 11.7. The predicted octanol–water partition coefficient (Wildman–Crippen LogP) is -20.1. The molecule has 0 bridgehead atoms. The Morgan fingerprint density at radius 2 is 0.258 bits per heavy atom. The van der Waals surface area contributed by atoms with E-state index in [0.29, 0.717) is 0 Å². The van der Waals surface area contributed by atoms with Crippen LogP contribution in [-0.4, -0.2) is 204 Å². The summed E-state index contributed by atoms with van der Waals surface area (Å²) in [5.41, 5.74) is -4.46. The molecule has 0 N–H and O–H groups in total. The third-order valence-corrected chi connectivity index (χ3v) is 12.8. The quantitative estimate of drug-likeness (QED) is 0.0956. The number of hydrogen-bond acceptors (Lipinski definition) is 0. The van der Waals surface area contributed by atoms with E-state index in [2.05, 4.69) is 0 Å². The van der Waals surface area contributed by atoms with Crippen molar-refractivity contribution in [1.82, 2.24) is 0 Å². The van der Waals surface area contributed by atoms with Gasteiger partial charge in [0.05, 0.1) is 0 Å². The lowest BCUT2D eigenvalue weighted by atomic mass is 9.55. The molecule has 0 amide bonds. The molecule has 8 rings (SSSR count). The van der Waals surface area contributed by atoms with Crippen LogP contribution in [-0.2, 0) is 0 Å². The van der Waals surface area contributed by atoms with Crippen LogP contribution in [0.2, 0.25) is 0 Å². The van der Waals surface area contributed by atoms with E-state index in [9.17, 15) is 0 Å². The number of fused-ring (bicyclic) bond motifs is 5. The summed E-state index contributed by atoms with van der Waals surface area (Å²) >= 11 is 0. The number of benzene rings is 8. The molecule has 238 valence electrons. The van der Waals surface area contributed by atoms with E-state index >= 15 is 0 Å². The molecule has 0 aromatic heterocycles. The third-order valence-electron chi connectivity index (χ3n) is 12.8. The molecule has 66 heavy (non-hydrogen) atoms. The molecule has 0 saturated carbocycles. The first-order valence-corrected chi connectivity index (χ1v) is 19.3. The zero-order valence-electron chi connectivity index (χ0n) is 35.0. The zero-order chi connectivity index (χ0) is 49.1. The highest BCUT2D eigenvalue weighted by Crippen LogP contribution is 2.39. The van der Waals surface area contributed by atoms with E-state index in [-0.39, 0.29) is 219 Å². The van der Waals surface area contributed by atoms with Gasteiger partial charge in [-0.05, 0) is 76.5 Å². The summed E-state index contributed by atoms with van der Waals surface area (Å²) in [6, 6.07) is 0. The number of rotatable bonds is 3. The summed E-state index contributed by atoms with van der Waals surface area (Å²) in [6.07, 6.45) is 0. The molecule has 0 spiro atoms.